The van der Waals surface area contributed by atoms with Gasteiger partial charge in [0.05, 0.1) is 16.8 Å². The summed E-state index contributed by atoms with van der Waals surface area (Å²) in [7, 11) is 0. The maximum atomic E-state index is 13.3. The summed E-state index contributed by atoms with van der Waals surface area (Å²) in [5.74, 6) is -0.652. The molecular weight excluding hydrogens is 303 g/mol. The van der Waals surface area contributed by atoms with E-state index in [1.807, 2.05) is 0 Å². The van der Waals surface area contributed by atoms with Crippen molar-refractivity contribution in [1.82, 2.24) is 4.98 Å². The molecule has 0 bridgehead atoms. The van der Waals surface area contributed by atoms with E-state index in [0.29, 0.717) is 32.9 Å². The lowest BCUT2D eigenvalue weighted by molar-refractivity contribution is 0.102. The summed E-state index contributed by atoms with van der Waals surface area (Å²) >= 11 is 5.81. The minimum atomic E-state index is -0.359. The Hall–Kier alpha value is -2.46. The Morgan fingerprint density at radius 3 is 2.59 bits per heavy atom. The summed E-state index contributed by atoms with van der Waals surface area (Å²) in [6.07, 6.45) is 0. The molecular formula is C17H12ClFN2O. The number of hydrogen-bond donors (Lipinski definition) is 1. The maximum absolute atomic E-state index is 13.3. The first-order chi connectivity index (χ1) is 10.5. The standard InChI is InChI=1S/C17H12ClFN2O/c1-10-15(9-11-8-13(19)4-7-16(11)20-10)17(22)21-14-5-2-12(18)3-6-14/h2-9H,1H3,(H,21,22). The van der Waals surface area contributed by atoms with E-state index >= 15 is 0 Å². The average Bonchev–Trinajstić information content (AvgIpc) is 2.49. The number of rotatable bonds is 2. The van der Waals surface area contributed by atoms with Crippen molar-refractivity contribution in [3.05, 3.63) is 70.6 Å². The zero-order valence-corrected chi connectivity index (χ0v) is 12.5. The zero-order chi connectivity index (χ0) is 15.7. The van der Waals surface area contributed by atoms with Gasteiger partial charge < -0.3 is 5.32 Å². The second-order valence-corrected chi connectivity index (χ2v) is 5.36. The van der Waals surface area contributed by atoms with E-state index in [1.54, 1.807) is 43.3 Å². The molecule has 0 saturated heterocycles. The highest BCUT2D eigenvalue weighted by molar-refractivity contribution is 6.30. The Morgan fingerprint density at radius 2 is 1.86 bits per heavy atom. The summed E-state index contributed by atoms with van der Waals surface area (Å²) in [5.41, 5.74) is 2.29. The Bertz CT molecular complexity index is 862. The molecule has 0 saturated carbocycles. The summed E-state index contributed by atoms with van der Waals surface area (Å²) in [6, 6.07) is 12.8. The van der Waals surface area contributed by atoms with Gasteiger partial charge in [-0.25, -0.2) is 4.39 Å². The first-order valence-electron chi connectivity index (χ1n) is 6.67. The van der Waals surface area contributed by atoms with E-state index in [0.717, 1.165) is 0 Å². The van der Waals surface area contributed by atoms with Crippen molar-refractivity contribution in [2.45, 2.75) is 6.92 Å². The van der Waals surface area contributed by atoms with Crippen LogP contribution in [-0.4, -0.2) is 10.9 Å². The molecule has 0 spiro atoms. The van der Waals surface area contributed by atoms with Crippen LogP contribution in [0.25, 0.3) is 10.9 Å². The van der Waals surface area contributed by atoms with Crippen LogP contribution in [0.3, 0.4) is 0 Å². The zero-order valence-electron chi connectivity index (χ0n) is 11.7. The number of aromatic nitrogens is 1. The fourth-order valence-corrected chi connectivity index (χ4v) is 2.33. The van der Waals surface area contributed by atoms with Crippen molar-refractivity contribution in [2.24, 2.45) is 0 Å². The molecule has 2 aromatic carbocycles. The number of carbonyl (C=O) groups excluding carboxylic acids is 1. The molecule has 1 amide bonds. The molecule has 5 heteroatoms. The minimum Gasteiger partial charge on any atom is -0.322 e. The van der Waals surface area contributed by atoms with Gasteiger partial charge in [-0.3, -0.25) is 9.78 Å². The summed E-state index contributed by atoms with van der Waals surface area (Å²) in [4.78, 5) is 16.7. The Morgan fingerprint density at radius 1 is 1.14 bits per heavy atom. The first-order valence-corrected chi connectivity index (χ1v) is 7.04. The topological polar surface area (TPSA) is 42.0 Å². The summed E-state index contributed by atoms with van der Waals surface area (Å²) in [6.45, 7) is 1.75. The molecule has 1 heterocycles. The van der Waals surface area contributed by atoms with Crippen molar-refractivity contribution >= 4 is 34.1 Å². The number of pyridine rings is 1. The number of nitrogens with zero attached hydrogens (tertiary/aromatic N) is 1. The third-order valence-corrected chi connectivity index (χ3v) is 3.57. The van der Waals surface area contributed by atoms with Gasteiger partial charge in [0.2, 0.25) is 0 Å². The predicted molar refractivity (Wildman–Crippen MR) is 85.8 cm³/mol. The molecule has 110 valence electrons. The third kappa shape index (κ3) is 2.92. The summed E-state index contributed by atoms with van der Waals surface area (Å²) < 4.78 is 13.3. The molecule has 0 aliphatic heterocycles. The van der Waals surface area contributed by atoms with Crippen LogP contribution in [0.4, 0.5) is 10.1 Å². The maximum Gasteiger partial charge on any atom is 0.257 e. The van der Waals surface area contributed by atoms with Gasteiger partial charge >= 0.3 is 0 Å². The van der Waals surface area contributed by atoms with Gasteiger partial charge in [-0.05, 0) is 55.5 Å². The van der Waals surface area contributed by atoms with E-state index in [-0.39, 0.29) is 11.7 Å². The third-order valence-electron chi connectivity index (χ3n) is 3.31. The van der Waals surface area contributed by atoms with Crippen molar-refractivity contribution in [3.8, 4) is 0 Å². The summed E-state index contributed by atoms with van der Waals surface area (Å²) in [5, 5.41) is 3.96. The van der Waals surface area contributed by atoms with Crippen LogP contribution in [0.1, 0.15) is 16.1 Å². The molecule has 0 aliphatic rings. The fourth-order valence-electron chi connectivity index (χ4n) is 2.21. The van der Waals surface area contributed by atoms with Gasteiger partial charge in [-0.1, -0.05) is 11.6 Å². The van der Waals surface area contributed by atoms with Gasteiger partial charge in [0, 0.05) is 16.1 Å². The SMILES string of the molecule is Cc1nc2ccc(F)cc2cc1C(=O)Nc1ccc(Cl)cc1. The quantitative estimate of drug-likeness (QED) is 0.751. The number of aryl methyl sites for hydroxylation is 1. The predicted octanol–water partition coefficient (Wildman–Crippen LogP) is 4.59. The van der Waals surface area contributed by atoms with E-state index in [4.69, 9.17) is 11.6 Å². The average molecular weight is 315 g/mol. The lowest BCUT2D eigenvalue weighted by atomic mass is 10.1. The van der Waals surface area contributed by atoms with Crippen LogP contribution in [0.5, 0.6) is 0 Å². The lowest BCUT2D eigenvalue weighted by Gasteiger charge is -2.09. The molecule has 0 aliphatic carbocycles. The molecule has 1 N–H and O–H groups in total. The van der Waals surface area contributed by atoms with E-state index in [9.17, 15) is 9.18 Å². The van der Waals surface area contributed by atoms with Crippen molar-refractivity contribution in [1.29, 1.82) is 0 Å². The normalized spacial score (nSPS) is 10.7. The monoisotopic (exact) mass is 314 g/mol. The Kier molecular flexibility index (Phi) is 3.77. The van der Waals surface area contributed by atoms with Crippen LogP contribution in [-0.2, 0) is 0 Å². The van der Waals surface area contributed by atoms with Crippen LogP contribution < -0.4 is 5.32 Å². The van der Waals surface area contributed by atoms with Crippen LogP contribution in [0.15, 0.2) is 48.5 Å². The van der Waals surface area contributed by atoms with Crippen LogP contribution >= 0.6 is 11.6 Å². The lowest BCUT2D eigenvalue weighted by Crippen LogP contribution is -2.14. The number of halogens is 2. The number of fused-ring (bicyclic) bond motifs is 1. The highest BCUT2D eigenvalue weighted by atomic mass is 35.5. The molecule has 0 atom stereocenters. The van der Waals surface area contributed by atoms with Crippen molar-refractivity contribution < 1.29 is 9.18 Å². The molecule has 0 fully saturated rings. The number of carbonyl (C=O) groups is 1. The minimum absolute atomic E-state index is 0.293. The van der Waals surface area contributed by atoms with Crippen LogP contribution in [0, 0.1) is 12.7 Å². The Labute approximate surface area is 131 Å². The van der Waals surface area contributed by atoms with E-state index in [1.165, 1.54) is 12.1 Å². The van der Waals surface area contributed by atoms with Gasteiger partial charge in [0.25, 0.3) is 5.91 Å². The second kappa shape index (κ2) is 5.73. The van der Waals surface area contributed by atoms with Gasteiger partial charge in [0.1, 0.15) is 5.82 Å². The number of benzene rings is 2. The largest absolute Gasteiger partial charge is 0.322 e. The van der Waals surface area contributed by atoms with Gasteiger partial charge in [-0.15, -0.1) is 0 Å². The first kappa shape index (κ1) is 14.5. The molecule has 3 nitrogen and oxygen atoms in total. The highest BCUT2D eigenvalue weighted by Gasteiger charge is 2.12. The fraction of sp³-hybridized carbons (Fsp3) is 0.0588. The van der Waals surface area contributed by atoms with Gasteiger partial charge in [0.15, 0.2) is 0 Å². The number of hydrogen-bond acceptors (Lipinski definition) is 2. The molecule has 0 unspecified atom stereocenters. The highest BCUT2D eigenvalue weighted by Crippen LogP contribution is 2.20. The molecule has 3 aromatic rings. The van der Waals surface area contributed by atoms with E-state index < -0.39 is 0 Å². The van der Waals surface area contributed by atoms with Gasteiger partial charge in [-0.2, -0.15) is 0 Å². The molecule has 1 aromatic heterocycles. The number of nitrogens with one attached hydrogen (secondary N) is 1. The number of amides is 1. The number of anilines is 1. The van der Waals surface area contributed by atoms with E-state index in [2.05, 4.69) is 10.3 Å². The van der Waals surface area contributed by atoms with Crippen molar-refractivity contribution in [3.63, 3.8) is 0 Å². The Balaban J connectivity index is 1.96. The smallest absolute Gasteiger partial charge is 0.257 e. The molecule has 22 heavy (non-hydrogen) atoms. The molecule has 0 radical (unpaired) electrons. The second-order valence-electron chi connectivity index (χ2n) is 4.92. The van der Waals surface area contributed by atoms with Crippen molar-refractivity contribution in [2.75, 3.05) is 5.32 Å². The molecule has 3 rings (SSSR count). The van der Waals surface area contributed by atoms with Crippen LogP contribution in [0.2, 0.25) is 5.02 Å².